The van der Waals surface area contributed by atoms with Gasteiger partial charge in [-0.05, 0) is 49.6 Å². The van der Waals surface area contributed by atoms with E-state index in [1.54, 1.807) is 13.0 Å². The van der Waals surface area contributed by atoms with Crippen LogP contribution in [0.1, 0.15) is 36.6 Å². The first kappa shape index (κ1) is 11.5. The van der Waals surface area contributed by atoms with Crippen molar-refractivity contribution in [3.63, 3.8) is 0 Å². The van der Waals surface area contributed by atoms with E-state index >= 15 is 0 Å². The van der Waals surface area contributed by atoms with E-state index in [1.807, 2.05) is 0 Å². The number of alkyl halides is 1. The number of nitrogens with one attached hydrogen (secondary N) is 1. The van der Waals surface area contributed by atoms with Crippen LogP contribution in [0.25, 0.3) is 0 Å². The Morgan fingerprint density at radius 1 is 1.38 bits per heavy atom. The molecule has 0 saturated carbocycles. The van der Waals surface area contributed by atoms with Crippen LogP contribution >= 0.6 is 0 Å². The molecule has 2 rings (SSSR count). The van der Waals surface area contributed by atoms with Crippen LogP contribution in [0.5, 0.6) is 0 Å². The van der Waals surface area contributed by atoms with Crippen LogP contribution in [-0.2, 0) is 0 Å². The van der Waals surface area contributed by atoms with Crippen molar-refractivity contribution in [1.82, 2.24) is 5.32 Å². The van der Waals surface area contributed by atoms with Crippen LogP contribution in [0, 0.1) is 12.7 Å². The summed E-state index contributed by atoms with van der Waals surface area (Å²) in [6, 6.07) is 4.17. The van der Waals surface area contributed by atoms with Gasteiger partial charge in [-0.25, -0.2) is 8.78 Å². The van der Waals surface area contributed by atoms with Gasteiger partial charge < -0.3 is 5.32 Å². The van der Waals surface area contributed by atoms with Crippen molar-refractivity contribution in [3.05, 3.63) is 35.1 Å². The van der Waals surface area contributed by atoms with Gasteiger partial charge in [0.05, 0.1) is 0 Å². The van der Waals surface area contributed by atoms with Gasteiger partial charge >= 0.3 is 0 Å². The average molecular weight is 225 g/mol. The molecular formula is C13H17F2N. The fourth-order valence-corrected chi connectivity index (χ4v) is 2.29. The number of hydrogen-bond acceptors (Lipinski definition) is 1. The summed E-state index contributed by atoms with van der Waals surface area (Å²) in [6.07, 6.45) is 2.02. The van der Waals surface area contributed by atoms with Crippen LogP contribution < -0.4 is 5.32 Å². The molecule has 0 aromatic heterocycles. The maximum absolute atomic E-state index is 14.2. The van der Waals surface area contributed by atoms with Crippen molar-refractivity contribution in [1.29, 1.82) is 0 Å². The Morgan fingerprint density at radius 2 is 2.19 bits per heavy atom. The number of rotatable bonds is 2. The van der Waals surface area contributed by atoms with Gasteiger partial charge in [0, 0.05) is 6.04 Å². The molecule has 88 valence electrons. The third-order valence-corrected chi connectivity index (χ3v) is 3.23. The van der Waals surface area contributed by atoms with Crippen molar-refractivity contribution in [2.45, 2.75) is 38.4 Å². The van der Waals surface area contributed by atoms with E-state index in [1.165, 1.54) is 12.1 Å². The van der Waals surface area contributed by atoms with Gasteiger partial charge in [0.2, 0.25) is 0 Å². The fourth-order valence-electron chi connectivity index (χ4n) is 2.29. The lowest BCUT2D eigenvalue weighted by molar-refractivity contribution is 0.220. The maximum atomic E-state index is 14.2. The summed E-state index contributed by atoms with van der Waals surface area (Å²) >= 11 is 0. The number of piperidine rings is 1. The molecule has 0 spiro atoms. The third kappa shape index (κ3) is 2.40. The summed E-state index contributed by atoms with van der Waals surface area (Å²) in [6.45, 7) is 2.64. The topological polar surface area (TPSA) is 12.0 Å². The predicted octanol–water partition coefficient (Wildman–Crippen LogP) is 3.29. The highest BCUT2D eigenvalue weighted by atomic mass is 19.1. The molecule has 1 aromatic rings. The summed E-state index contributed by atoms with van der Waals surface area (Å²) < 4.78 is 27.1. The van der Waals surface area contributed by atoms with E-state index < -0.39 is 6.17 Å². The standard InChI is InChI=1S/C13H17F2N/c1-9-8-10(14)5-6-11(9)13(15)12-4-2-3-7-16-12/h5-6,8,12-13,16H,2-4,7H2,1H3. The molecule has 16 heavy (non-hydrogen) atoms. The maximum Gasteiger partial charge on any atom is 0.141 e. The predicted molar refractivity (Wildman–Crippen MR) is 60.6 cm³/mol. The Bertz CT molecular complexity index is 359. The third-order valence-electron chi connectivity index (χ3n) is 3.23. The minimum atomic E-state index is -1.03. The zero-order valence-electron chi connectivity index (χ0n) is 9.47. The molecule has 1 aromatic carbocycles. The first-order valence-corrected chi connectivity index (χ1v) is 5.82. The van der Waals surface area contributed by atoms with E-state index in [0.717, 1.165) is 25.8 Å². The first-order chi connectivity index (χ1) is 7.68. The zero-order valence-corrected chi connectivity index (χ0v) is 9.47. The molecule has 0 aliphatic carbocycles. The smallest absolute Gasteiger partial charge is 0.141 e. The van der Waals surface area contributed by atoms with E-state index in [2.05, 4.69) is 5.32 Å². The SMILES string of the molecule is Cc1cc(F)ccc1C(F)C1CCCCN1. The van der Waals surface area contributed by atoms with E-state index in [4.69, 9.17) is 0 Å². The highest BCUT2D eigenvalue weighted by Crippen LogP contribution is 2.28. The molecule has 3 heteroatoms. The summed E-state index contributed by atoms with van der Waals surface area (Å²) in [5.41, 5.74) is 1.31. The Labute approximate surface area is 94.9 Å². The second-order valence-electron chi connectivity index (χ2n) is 4.46. The molecular weight excluding hydrogens is 208 g/mol. The Morgan fingerprint density at radius 3 is 2.81 bits per heavy atom. The number of aryl methyl sites for hydroxylation is 1. The van der Waals surface area contributed by atoms with E-state index in [-0.39, 0.29) is 11.9 Å². The van der Waals surface area contributed by atoms with Gasteiger partial charge in [0.15, 0.2) is 0 Å². The second kappa shape index (κ2) is 4.91. The molecule has 0 amide bonds. The van der Waals surface area contributed by atoms with Crippen molar-refractivity contribution < 1.29 is 8.78 Å². The minimum absolute atomic E-state index is 0.113. The largest absolute Gasteiger partial charge is 0.311 e. The molecule has 1 fully saturated rings. The molecule has 1 N–H and O–H groups in total. The summed E-state index contributed by atoms with van der Waals surface area (Å²) in [4.78, 5) is 0. The van der Waals surface area contributed by atoms with Gasteiger partial charge in [-0.15, -0.1) is 0 Å². The van der Waals surface area contributed by atoms with Gasteiger partial charge in [-0.1, -0.05) is 12.5 Å². The number of hydrogen-bond donors (Lipinski definition) is 1. The van der Waals surface area contributed by atoms with Gasteiger partial charge in [0.25, 0.3) is 0 Å². The van der Waals surface area contributed by atoms with Crippen LogP contribution in [0.2, 0.25) is 0 Å². The Kier molecular flexibility index (Phi) is 3.54. The van der Waals surface area contributed by atoms with Crippen LogP contribution in [0.15, 0.2) is 18.2 Å². The lowest BCUT2D eigenvalue weighted by atomic mass is 9.93. The van der Waals surface area contributed by atoms with Gasteiger partial charge in [-0.3, -0.25) is 0 Å². The van der Waals surface area contributed by atoms with Gasteiger partial charge in [-0.2, -0.15) is 0 Å². The van der Waals surface area contributed by atoms with Crippen LogP contribution in [0.3, 0.4) is 0 Å². The quantitative estimate of drug-likeness (QED) is 0.814. The van der Waals surface area contributed by atoms with E-state index in [0.29, 0.717) is 11.1 Å². The Hall–Kier alpha value is -0.960. The van der Waals surface area contributed by atoms with Crippen molar-refractivity contribution in [2.24, 2.45) is 0 Å². The zero-order chi connectivity index (χ0) is 11.5. The number of benzene rings is 1. The Balaban J connectivity index is 2.15. The van der Waals surface area contributed by atoms with E-state index in [9.17, 15) is 8.78 Å². The molecule has 1 aliphatic rings. The van der Waals surface area contributed by atoms with Gasteiger partial charge in [0.1, 0.15) is 12.0 Å². The highest BCUT2D eigenvalue weighted by molar-refractivity contribution is 5.29. The summed E-state index contributed by atoms with van der Waals surface area (Å²) in [5, 5.41) is 3.19. The molecule has 1 nitrogen and oxygen atoms in total. The average Bonchev–Trinajstić information content (AvgIpc) is 2.29. The minimum Gasteiger partial charge on any atom is -0.311 e. The molecule has 0 radical (unpaired) electrons. The number of halogens is 2. The highest BCUT2D eigenvalue weighted by Gasteiger charge is 2.25. The normalized spacial score (nSPS) is 23.1. The molecule has 1 saturated heterocycles. The first-order valence-electron chi connectivity index (χ1n) is 5.82. The van der Waals surface area contributed by atoms with Crippen LogP contribution in [0.4, 0.5) is 8.78 Å². The van der Waals surface area contributed by atoms with Crippen molar-refractivity contribution in [2.75, 3.05) is 6.54 Å². The molecule has 1 aliphatic heterocycles. The van der Waals surface area contributed by atoms with Crippen molar-refractivity contribution in [3.8, 4) is 0 Å². The lowest BCUT2D eigenvalue weighted by Crippen LogP contribution is -2.37. The summed E-state index contributed by atoms with van der Waals surface area (Å²) in [7, 11) is 0. The lowest BCUT2D eigenvalue weighted by Gasteiger charge is -2.27. The molecule has 2 atom stereocenters. The summed E-state index contributed by atoms with van der Waals surface area (Å²) in [5.74, 6) is -0.301. The monoisotopic (exact) mass is 225 g/mol. The second-order valence-corrected chi connectivity index (χ2v) is 4.46. The molecule has 2 unspecified atom stereocenters. The van der Waals surface area contributed by atoms with Crippen molar-refractivity contribution >= 4 is 0 Å². The fraction of sp³-hybridized carbons (Fsp3) is 0.538. The molecule has 1 heterocycles. The van der Waals surface area contributed by atoms with Crippen LogP contribution in [-0.4, -0.2) is 12.6 Å². The molecule has 0 bridgehead atoms.